The molecule has 3 atom stereocenters. The van der Waals surface area contributed by atoms with Crippen LogP contribution in [0, 0.1) is 5.92 Å². The van der Waals surface area contributed by atoms with Gasteiger partial charge in [-0.2, -0.15) is 0 Å². The van der Waals surface area contributed by atoms with Gasteiger partial charge in [-0.15, -0.1) is 0 Å². The fourth-order valence-electron chi connectivity index (χ4n) is 3.81. The SMILES string of the molecule is C[C@@H](O)c1ccc(N2CCCC3CCCC32)cc1Br. The van der Waals surface area contributed by atoms with Crippen molar-refractivity contribution in [1.82, 2.24) is 0 Å². The molecule has 1 saturated heterocycles. The van der Waals surface area contributed by atoms with Gasteiger partial charge in [-0.1, -0.05) is 28.4 Å². The lowest BCUT2D eigenvalue weighted by molar-refractivity contribution is 0.198. The van der Waals surface area contributed by atoms with Crippen LogP contribution in [0.15, 0.2) is 22.7 Å². The van der Waals surface area contributed by atoms with Gasteiger partial charge < -0.3 is 10.0 Å². The van der Waals surface area contributed by atoms with E-state index >= 15 is 0 Å². The van der Waals surface area contributed by atoms with Crippen LogP contribution in [0.3, 0.4) is 0 Å². The summed E-state index contributed by atoms with van der Waals surface area (Å²) >= 11 is 3.60. The highest BCUT2D eigenvalue weighted by molar-refractivity contribution is 9.10. The fourth-order valence-corrected chi connectivity index (χ4v) is 4.51. The number of hydrogen-bond acceptors (Lipinski definition) is 2. The van der Waals surface area contributed by atoms with Gasteiger partial charge in [-0.05, 0) is 56.2 Å². The molecule has 2 unspecified atom stereocenters. The Morgan fingerprint density at radius 2 is 2.05 bits per heavy atom. The number of fused-ring (bicyclic) bond motifs is 1. The average molecular weight is 324 g/mol. The smallest absolute Gasteiger partial charge is 0.0772 e. The van der Waals surface area contributed by atoms with E-state index in [2.05, 4.69) is 39.0 Å². The van der Waals surface area contributed by atoms with Crippen molar-refractivity contribution < 1.29 is 5.11 Å². The van der Waals surface area contributed by atoms with Gasteiger partial charge in [-0.3, -0.25) is 0 Å². The Morgan fingerprint density at radius 3 is 2.79 bits per heavy atom. The van der Waals surface area contributed by atoms with Crippen molar-refractivity contribution in [3.63, 3.8) is 0 Å². The van der Waals surface area contributed by atoms with Crippen LogP contribution in [-0.4, -0.2) is 17.7 Å². The van der Waals surface area contributed by atoms with Gasteiger partial charge in [0.2, 0.25) is 0 Å². The highest BCUT2D eigenvalue weighted by Gasteiger charge is 2.35. The van der Waals surface area contributed by atoms with Crippen molar-refractivity contribution in [2.75, 3.05) is 11.4 Å². The molecule has 1 aliphatic heterocycles. The van der Waals surface area contributed by atoms with Crippen LogP contribution < -0.4 is 4.90 Å². The van der Waals surface area contributed by atoms with E-state index in [-0.39, 0.29) is 0 Å². The molecule has 1 N–H and O–H groups in total. The Kier molecular flexibility index (Phi) is 3.86. The van der Waals surface area contributed by atoms with Crippen molar-refractivity contribution in [2.45, 2.75) is 51.2 Å². The monoisotopic (exact) mass is 323 g/mol. The lowest BCUT2D eigenvalue weighted by Crippen LogP contribution is -2.42. The maximum absolute atomic E-state index is 9.71. The summed E-state index contributed by atoms with van der Waals surface area (Å²) in [6, 6.07) is 7.16. The normalized spacial score (nSPS) is 28.3. The first-order chi connectivity index (χ1) is 9.16. The largest absolute Gasteiger partial charge is 0.389 e. The molecule has 2 nitrogen and oxygen atoms in total. The average Bonchev–Trinajstić information content (AvgIpc) is 2.86. The Bertz CT molecular complexity index is 460. The van der Waals surface area contributed by atoms with Gasteiger partial charge in [0, 0.05) is 22.7 Å². The number of aliphatic hydroxyl groups is 1. The quantitative estimate of drug-likeness (QED) is 0.878. The lowest BCUT2D eigenvalue weighted by atomic mass is 9.91. The molecule has 1 aliphatic carbocycles. The molecule has 3 heteroatoms. The third kappa shape index (κ3) is 2.55. The van der Waals surface area contributed by atoms with E-state index < -0.39 is 6.10 Å². The van der Waals surface area contributed by atoms with Crippen LogP contribution in [0.2, 0.25) is 0 Å². The Hall–Kier alpha value is -0.540. The van der Waals surface area contributed by atoms with Crippen molar-refractivity contribution in [1.29, 1.82) is 0 Å². The molecule has 2 aliphatic rings. The summed E-state index contributed by atoms with van der Waals surface area (Å²) in [5, 5.41) is 9.71. The summed E-state index contributed by atoms with van der Waals surface area (Å²) in [5.41, 5.74) is 2.29. The highest BCUT2D eigenvalue weighted by atomic mass is 79.9. The molecule has 0 radical (unpaired) electrons. The zero-order valence-electron chi connectivity index (χ0n) is 11.5. The predicted octanol–water partition coefficient (Wildman–Crippen LogP) is 4.27. The number of rotatable bonds is 2. The summed E-state index contributed by atoms with van der Waals surface area (Å²) in [7, 11) is 0. The maximum atomic E-state index is 9.71. The maximum Gasteiger partial charge on any atom is 0.0772 e. The van der Waals surface area contributed by atoms with E-state index in [4.69, 9.17) is 0 Å². The number of anilines is 1. The van der Waals surface area contributed by atoms with Crippen molar-refractivity contribution in [3.8, 4) is 0 Å². The summed E-state index contributed by atoms with van der Waals surface area (Å²) in [5.74, 6) is 0.906. The van der Waals surface area contributed by atoms with Crippen LogP contribution in [0.1, 0.15) is 50.7 Å². The summed E-state index contributed by atoms with van der Waals surface area (Å²) < 4.78 is 1.03. The first-order valence-corrected chi connectivity index (χ1v) is 8.20. The van der Waals surface area contributed by atoms with Crippen molar-refractivity contribution in [2.24, 2.45) is 5.92 Å². The molecular weight excluding hydrogens is 302 g/mol. The Morgan fingerprint density at radius 1 is 1.26 bits per heavy atom. The first kappa shape index (κ1) is 13.4. The number of halogens is 1. The molecule has 0 amide bonds. The van der Waals surface area contributed by atoms with E-state index in [1.54, 1.807) is 0 Å². The minimum Gasteiger partial charge on any atom is -0.389 e. The third-order valence-corrected chi connectivity index (χ3v) is 5.45. The topological polar surface area (TPSA) is 23.5 Å². The van der Waals surface area contributed by atoms with E-state index in [1.807, 2.05) is 6.92 Å². The molecule has 1 aromatic carbocycles. The molecule has 3 rings (SSSR count). The number of aliphatic hydroxyl groups excluding tert-OH is 1. The van der Waals surface area contributed by atoms with Gasteiger partial charge >= 0.3 is 0 Å². The van der Waals surface area contributed by atoms with Gasteiger partial charge in [0.25, 0.3) is 0 Å². The van der Waals surface area contributed by atoms with Crippen LogP contribution in [0.4, 0.5) is 5.69 Å². The molecule has 104 valence electrons. The minimum absolute atomic E-state index is 0.413. The van der Waals surface area contributed by atoms with Gasteiger partial charge in [0.1, 0.15) is 0 Å². The molecule has 2 fully saturated rings. The predicted molar refractivity (Wildman–Crippen MR) is 82.5 cm³/mol. The zero-order valence-corrected chi connectivity index (χ0v) is 13.1. The first-order valence-electron chi connectivity index (χ1n) is 7.41. The third-order valence-electron chi connectivity index (χ3n) is 4.76. The van der Waals surface area contributed by atoms with Crippen molar-refractivity contribution in [3.05, 3.63) is 28.2 Å². The summed E-state index contributed by atoms with van der Waals surface area (Å²) in [6.07, 6.45) is 6.46. The molecule has 19 heavy (non-hydrogen) atoms. The van der Waals surface area contributed by atoms with Crippen molar-refractivity contribution >= 4 is 21.6 Å². The lowest BCUT2D eigenvalue weighted by Gasteiger charge is -2.39. The molecule has 0 bridgehead atoms. The molecule has 1 aromatic rings. The number of hydrogen-bond donors (Lipinski definition) is 1. The molecule has 0 spiro atoms. The number of nitrogens with zero attached hydrogens (tertiary/aromatic N) is 1. The molecule has 1 saturated carbocycles. The number of piperidine rings is 1. The second kappa shape index (κ2) is 5.45. The van der Waals surface area contributed by atoms with Gasteiger partial charge in [0.05, 0.1) is 6.10 Å². The van der Waals surface area contributed by atoms with Crippen LogP contribution in [-0.2, 0) is 0 Å². The van der Waals surface area contributed by atoms with E-state index in [9.17, 15) is 5.11 Å². The Balaban J connectivity index is 1.87. The fraction of sp³-hybridized carbons (Fsp3) is 0.625. The van der Waals surface area contributed by atoms with Crippen LogP contribution >= 0.6 is 15.9 Å². The Labute approximate surface area is 123 Å². The minimum atomic E-state index is -0.413. The van der Waals surface area contributed by atoms with E-state index in [1.165, 1.54) is 44.3 Å². The van der Waals surface area contributed by atoms with Gasteiger partial charge in [0.15, 0.2) is 0 Å². The van der Waals surface area contributed by atoms with E-state index in [0.717, 1.165) is 22.0 Å². The summed E-state index contributed by atoms with van der Waals surface area (Å²) in [6.45, 7) is 3.00. The highest BCUT2D eigenvalue weighted by Crippen LogP contribution is 2.40. The number of benzene rings is 1. The molecule has 1 heterocycles. The van der Waals surface area contributed by atoms with Crippen LogP contribution in [0.25, 0.3) is 0 Å². The molecule has 0 aromatic heterocycles. The standard InChI is InChI=1S/C16H22BrNO/c1-11(19)14-8-7-13(10-15(14)17)18-9-3-5-12-4-2-6-16(12)18/h7-8,10-12,16,19H,2-6,9H2,1H3/t11-,12?,16?/m1/s1. The van der Waals surface area contributed by atoms with E-state index in [0.29, 0.717) is 0 Å². The van der Waals surface area contributed by atoms with Crippen LogP contribution in [0.5, 0.6) is 0 Å². The van der Waals surface area contributed by atoms with Gasteiger partial charge in [-0.25, -0.2) is 0 Å². The summed E-state index contributed by atoms with van der Waals surface area (Å²) in [4.78, 5) is 2.59. The second-order valence-electron chi connectivity index (χ2n) is 5.98. The second-order valence-corrected chi connectivity index (χ2v) is 6.83. The molecular formula is C16H22BrNO. The zero-order chi connectivity index (χ0) is 13.4.